The molecule has 2 saturated heterocycles. The topological polar surface area (TPSA) is 146 Å². The van der Waals surface area contributed by atoms with E-state index >= 15 is 14.4 Å². The second kappa shape index (κ2) is 16.5. The Morgan fingerprint density at radius 3 is 2.42 bits per heavy atom. The highest BCUT2D eigenvalue weighted by molar-refractivity contribution is 6.12. The first-order chi connectivity index (χ1) is 30.4. The van der Waals surface area contributed by atoms with Crippen LogP contribution in [0.15, 0.2) is 139 Å². The second-order valence-electron chi connectivity index (χ2n) is 16.2. The Kier molecular flexibility index (Phi) is 10.4. The minimum atomic E-state index is -1.74. The smallest absolute Gasteiger partial charge is 0.324 e. The van der Waals surface area contributed by atoms with Crippen LogP contribution in [-0.2, 0) is 31.1 Å². The number of morpholine rings is 1. The number of nitrogens with zero attached hydrogens (tertiary/aromatic N) is 2. The molecule has 4 aliphatic rings. The summed E-state index contributed by atoms with van der Waals surface area (Å²) >= 11 is 0. The molecule has 2 fully saturated rings. The largest absolute Gasteiger partial charge is 0.491 e. The number of cyclic esters (lactones) is 1. The molecule has 4 N–H and O–H groups in total. The van der Waals surface area contributed by atoms with E-state index in [4.69, 9.17) is 14.5 Å². The average molecular weight is 824 g/mol. The monoisotopic (exact) mass is 823 g/mol. The van der Waals surface area contributed by atoms with E-state index in [9.17, 15) is 5.11 Å². The molecule has 11 heteroatoms. The summed E-state index contributed by atoms with van der Waals surface area (Å²) in [6, 6.07) is 37.0. The third kappa shape index (κ3) is 6.72. The van der Waals surface area contributed by atoms with Crippen molar-refractivity contribution in [3.05, 3.63) is 173 Å². The first-order valence-corrected chi connectivity index (χ1v) is 21.2. The molecule has 0 saturated carbocycles. The molecule has 0 bridgehead atoms. The molecular formula is C51H45N5O6. The van der Waals surface area contributed by atoms with Crippen LogP contribution in [0.25, 0.3) is 11.0 Å². The van der Waals surface area contributed by atoms with Gasteiger partial charge in [-0.3, -0.25) is 19.3 Å². The lowest BCUT2D eigenvalue weighted by atomic mass is 9.65. The number of amides is 2. The molecule has 4 heterocycles. The Balaban J connectivity index is 1.22. The van der Waals surface area contributed by atoms with Gasteiger partial charge in [0, 0.05) is 16.8 Å². The van der Waals surface area contributed by atoms with Crippen molar-refractivity contribution >= 4 is 34.5 Å². The van der Waals surface area contributed by atoms with Gasteiger partial charge in [0.05, 0.1) is 42.2 Å². The van der Waals surface area contributed by atoms with E-state index in [2.05, 4.69) is 33.5 Å². The highest BCUT2D eigenvalue weighted by atomic mass is 16.6. The van der Waals surface area contributed by atoms with Crippen molar-refractivity contribution in [1.82, 2.24) is 20.2 Å². The number of aliphatic hydroxyl groups excluding tert-OH is 1. The molecule has 0 radical (unpaired) electrons. The summed E-state index contributed by atoms with van der Waals surface area (Å²) < 4.78 is 12.8. The third-order valence-corrected chi connectivity index (χ3v) is 12.7. The molecule has 0 unspecified atom stereocenters. The number of benzene rings is 5. The summed E-state index contributed by atoms with van der Waals surface area (Å²) in [5.41, 5.74) is 4.80. The van der Waals surface area contributed by atoms with Crippen molar-refractivity contribution in [2.45, 2.75) is 61.9 Å². The van der Waals surface area contributed by atoms with Crippen molar-refractivity contribution in [3.8, 4) is 17.6 Å². The number of ether oxygens (including phenoxy) is 2. The number of anilines is 1. The predicted octanol–water partition coefficient (Wildman–Crippen LogP) is 7.37. The molecule has 1 aromatic heterocycles. The minimum Gasteiger partial charge on any atom is -0.491 e. The number of hydrogen-bond donors (Lipinski definition) is 4. The van der Waals surface area contributed by atoms with Crippen LogP contribution in [0, 0.1) is 17.8 Å². The standard InChI is InChI=1S/C51H45N5O6/c57-28-29-61-41-23-13-10-20-36(41)47-51(37-30-33(26-27-38(37)55-50(51)60)25-24-32-14-4-1-5-15-32)43(48(58)52-31-42-53-39-21-11-12-22-40(39)54-42)45-49(59)62-46(35-18-8-3-9-19-35)44(56(45)47)34-16-6-2-7-17-34/h2-3,6-14,16-23,26-27,30,43-47,57H,1,4-5,15,28-29,31H2,(H,52,58)(H,53,54)(H,55,60)/t43-,44-,45-,46+,47+,51-/m0/s1. The third-order valence-electron chi connectivity index (χ3n) is 12.7. The fourth-order valence-corrected chi connectivity index (χ4v) is 10.1. The van der Waals surface area contributed by atoms with Crippen LogP contribution in [-0.4, -0.2) is 57.0 Å². The van der Waals surface area contributed by atoms with Gasteiger partial charge in [-0.15, -0.1) is 0 Å². The predicted molar refractivity (Wildman–Crippen MR) is 233 cm³/mol. The summed E-state index contributed by atoms with van der Waals surface area (Å²) in [5, 5.41) is 16.3. The number of esters is 1. The molecule has 5 aromatic carbocycles. The summed E-state index contributed by atoms with van der Waals surface area (Å²) in [5.74, 6) is 4.75. The summed E-state index contributed by atoms with van der Waals surface area (Å²) in [6.45, 7) is -0.260. The molecule has 6 aromatic rings. The summed E-state index contributed by atoms with van der Waals surface area (Å²) in [6.07, 6.45) is 5.47. The zero-order valence-corrected chi connectivity index (χ0v) is 33.9. The maximum absolute atomic E-state index is 15.6. The number of rotatable bonds is 9. The van der Waals surface area contributed by atoms with E-state index in [0.29, 0.717) is 34.0 Å². The second-order valence-corrected chi connectivity index (χ2v) is 16.2. The van der Waals surface area contributed by atoms with Crippen LogP contribution in [0.3, 0.4) is 0 Å². The number of allylic oxidation sites excluding steroid dienone is 2. The lowest BCUT2D eigenvalue weighted by molar-refractivity contribution is -0.178. The number of aromatic amines is 1. The first kappa shape index (κ1) is 39.2. The van der Waals surface area contributed by atoms with Crippen molar-refractivity contribution in [2.75, 3.05) is 18.5 Å². The SMILES string of the molecule is O=C1O[C@H](c2ccccc2)[C@H](c2ccccc2)N2[C@H]1[C@@H](C(=O)NCc1nc3ccccc3[nH]1)[C@]1(C(=O)Nc3ccc(C#CC4=CCCCC4)cc31)[C@H]2c1ccccc1OCCO. The van der Waals surface area contributed by atoms with Crippen LogP contribution < -0.4 is 15.4 Å². The van der Waals surface area contributed by atoms with Gasteiger partial charge >= 0.3 is 5.97 Å². The van der Waals surface area contributed by atoms with E-state index in [-0.39, 0.29) is 19.8 Å². The summed E-state index contributed by atoms with van der Waals surface area (Å²) in [7, 11) is 0. The molecule has 2 amide bonds. The van der Waals surface area contributed by atoms with Gasteiger partial charge in [-0.1, -0.05) is 109 Å². The Hall–Kier alpha value is -7.00. The Bertz CT molecular complexity index is 2740. The number of imidazole rings is 1. The molecule has 1 aliphatic carbocycles. The molecule has 310 valence electrons. The number of para-hydroxylation sites is 3. The molecular weight excluding hydrogens is 779 g/mol. The number of carbonyl (C=O) groups excluding carboxylic acids is 3. The number of nitrogens with one attached hydrogen (secondary N) is 3. The van der Waals surface area contributed by atoms with E-state index in [1.54, 1.807) is 6.07 Å². The Morgan fingerprint density at radius 2 is 1.65 bits per heavy atom. The van der Waals surface area contributed by atoms with Crippen LogP contribution in [0.4, 0.5) is 5.69 Å². The zero-order valence-electron chi connectivity index (χ0n) is 33.9. The minimum absolute atomic E-state index is 0.00653. The Labute approximate surface area is 359 Å². The molecule has 62 heavy (non-hydrogen) atoms. The maximum Gasteiger partial charge on any atom is 0.324 e. The molecule has 6 atom stereocenters. The van der Waals surface area contributed by atoms with Gasteiger partial charge < -0.3 is 30.2 Å². The van der Waals surface area contributed by atoms with E-state index in [1.165, 1.54) is 0 Å². The van der Waals surface area contributed by atoms with Gasteiger partial charge in [0.2, 0.25) is 11.8 Å². The van der Waals surface area contributed by atoms with Crippen LogP contribution in [0.5, 0.6) is 5.75 Å². The van der Waals surface area contributed by atoms with Crippen LogP contribution in [0.1, 0.15) is 77.5 Å². The number of fused-ring (bicyclic) bond motifs is 4. The van der Waals surface area contributed by atoms with Gasteiger partial charge in [0.15, 0.2) is 0 Å². The van der Waals surface area contributed by atoms with Gasteiger partial charge in [-0.25, -0.2) is 4.98 Å². The zero-order chi connectivity index (χ0) is 42.2. The van der Waals surface area contributed by atoms with E-state index in [0.717, 1.165) is 53.4 Å². The van der Waals surface area contributed by atoms with Gasteiger partial charge in [0.25, 0.3) is 0 Å². The number of H-pyrrole nitrogens is 1. The van der Waals surface area contributed by atoms with Crippen molar-refractivity contribution < 1.29 is 29.0 Å². The van der Waals surface area contributed by atoms with Crippen molar-refractivity contribution in [3.63, 3.8) is 0 Å². The normalized spacial score (nSPS) is 24.0. The van der Waals surface area contributed by atoms with E-state index < -0.39 is 53.3 Å². The quantitative estimate of drug-likeness (QED) is 0.0874. The molecule has 11 nitrogen and oxygen atoms in total. The lowest BCUT2D eigenvalue weighted by Crippen LogP contribution is -2.54. The maximum atomic E-state index is 15.6. The van der Waals surface area contributed by atoms with Gasteiger partial charge in [-0.2, -0.15) is 0 Å². The Morgan fingerprint density at radius 1 is 0.887 bits per heavy atom. The molecule has 1 spiro atoms. The molecule has 3 aliphatic heterocycles. The fourth-order valence-electron chi connectivity index (χ4n) is 10.1. The molecule has 10 rings (SSSR count). The lowest BCUT2D eigenvalue weighted by Gasteiger charge is -2.46. The van der Waals surface area contributed by atoms with Gasteiger partial charge in [-0.05, 0) is 84.3 Å². The highest BCUT2D eigenvalue weighted by Crippen LogP contribution is 2.65. The summed E-state index contributed by atoms with van der Waals surface area (Å²) in [4.78, 5) is 56.4. The number of aliphatic hydroxyl groups is 1. The fraction of sp³-hybridized carbons (Fsp3) is 0.255. The number of aromatic nitrogens is 2. The number of carbonyl (C=O) groups is 3. The number of hydrogen-bond acceptors (Lipinski definition) is 8. The highest BCUT2D eigenvalue weighted by Gasteiger charge is 2.74. The average Bonchev–Trinajstić information content (AvgIpc) is 3.97. The van der Waals surface area contributed by atoms with Crippen molar-refractivity contribution in [2.24, 2.45) is 5.92 Å². The van der Waals surface area contributed by atoms with Crippen LogP contribution in [0.2, 0.25) is 0 Å². The van der Waals surface area contributed by atoms with Crippen molar-refractivity contribution in [1.29, 1.82) is 0 Å². The van der Waals surface area contributed by atoms with Gasteiger partial charge in [0.1, 0.15) is 35.7 Å². The van der Waals surface area contributed by atoms with Crippen LogP contribution >= 0.6 is 0 Å². The van der Waals surface area contributed by atoms with E-state index in [1.807, 2.05) is 126 Å². The first-order valence-electron chi connectivity index (χ1n) is 21.2.